The van der Waals surface area contributed by atoms with Gasteiger partial charge in [-0.3, -0.25) is 5.73 Å². The van der Waals surface area contributed by atoms with Gasteiger partial charge in [-0.2, -0.15) is 10.5 Å². The normalized spacial score (nSPS) is 34.2. The highest BCUT2D eigenvalue weighted by Gasteiger charge is 2.97. The first-order valence-corrected chi connectivity index (χ1v) is 6.59. The molecule has 0 radical (unpaired) electrons. The summed E-state index contributed by atoms with van der Waals surface area (Å²) in [5.41, 5.74) is 3.35. The largest absolute Gasteiger partial charge is 0.342 e. The molecule has 1 saturated carbocycles. The molecule has 0 aromatic heterocycles. The highest BCUT2D eigenvalue weighted by atomic mass is 19.1. The van der Waals surface area contributed by atoms with Crippen molar-refractivity contribution in [2.24, 2.45) is 16.6 Å². The summed E-state index contributed by atoms with van der Waals surface area (Å²) in [7, 11) is 2.68. The number of ether oxygens (including phenoxy) is 2. The third kappa shape index (κ3) is 1.19. The summed E-state index contributed by atoms with van der Waals surface area (Å²) >= 11 is 0. The Bertz CT molecular complexity index is 762. The predicted octanol–water partition coefficient (Wildman–Crippen LogP) is -0.659. The van der Waals surface area contributed by atoms with E-state index in [-0.39, 0.29) is 11.4 Å². The Morgan fingerprint density at radius 1 is 1.23 bits per heavy atom. The van der Waals surface area contributed by atoms with Crippen LogP contribution in [0.5, 0.6) is 0 Å². The van der Waals surface area contributed by atoms with Gasteiger partial charge in [0.2, 0.25) is 0 Å². The van der Waals surface area contributed by atoms with E-state index in [2.05, 4.69) is 17.1 Å². The molecule has 2 aliphatic rings. The van der Waals surface area contributed by atoms with Gasteiger partial charge in [-0.1, -0.05) is 18.2 Å². The lowest BCUT2D eigenvalue weighted by Crippen LogP contribution is -2.90. The zero-order valence-electron chi connectivity index (χ0n) is 12.1. The first kappa shape index (κ1) is 14.5. The van der Waals surface area contributed by atoms with E-state index in [1.165, 1.54) is 20.3 Å². The fraction of sp³-hybridized carbons (Fsp3) is 0.400. The topological polar surface area (TPSA) is 106 Å². The molecule has 3 atom stereocenters. The average Bonchev–Trinajstić information content (AvgIpc) is 3.10. The summed E-state index contributed by atoms with van der Waals surface area (Å²) in [6.07, 6.45) is 0. The number of nitrogens with zero attached hydrogens (tertiary/aromatic N) is 2. The minimum atomic E-state index is -1.60. The van der Waals surface area contributed by atoms with E-state index in [4.69, 9.17) is 15.2 Å². The number of methoxy groups -OCH3 is 2. The Labute approximate surface area is 126 Å². The van der Waals surface area contributed by atoms with E-state index < -0.39 is 28.5 Å². The van der Waals surface area contributed by atoms with E-state index in [1.54, 1.807) is 18.2 Å². The Balaban J connectivity index is 2.29. The van der Waals surface area contributed by atoms with Gasteiger partial charge in [0.1, 0.15) is 5.82 Å². The fourth-order valence-electron chi connectivity index (χ4n) is 3.79. The summed E-state index contributed by atoms with van der Waals surface area (Å²) in [5, 5.41) is 19.5. The van der Waals surface area contributed by atoms with Gasteiger partial charge < -0.3 is 9.47 Å². The third-order valence-corrected chi connectivity index (χ3v) is 4.79. The Morgan fingerprint density at radius 3 is 2.36 bits per heavy atom. The molecule has 7 heteroatoms. The molecule has 0 bridgehead atoms. The predicted molar refractivity (Wildman–Crippen MR) is 72.1 cm³/mol. The highest BCUT2D eigenvalue weighted by molar-refractivity contribution is 5.95. The third-order valence-electron chi connectivity index (χ3n) is 4.79. The number of nitrogens with two attached hydrogens (primary N) is 1. The van der Waals surface area contributed by atoms with E-state index in [0.717, 1.165) is 0 Å². The molecule has 1 aliphatic heterocycles. The average molecular weight is 301 g/mol. The van der Waals surface area contributed by atoms with Crippen LogP contribution in [0.2, 0.25) is 0 Å². The summed E-state index contributed by atoms with van der Waals surface area (Å²) in [6.45, 7) is 0. The molecule has 0 amide bonds. The lowest BCUT2D eigenvalue weighted by Gasteiger charge is -2.26. The van der Waals surface area contributed by atoms with Crippen molar-refractivity contribution in [2.45, 2.75) is 11.8 Å². The van der Waals surface area contributed by atoms with Crippen molar-refractivity contribution < 1.29 is 18.9 Å². The highest BCUT2D eigenvalue weighted by Crippen LogP contribution is 2.78. The zero-order valence-corrected chi connectivity index (χ0v) is 12.1. The molecule has 0 spiro atoms. The molecule has 0 unspecified atom stereocenters. The molecule has 22 heavy (non-hydrogen) atoms. The number of halogens is 1. The number of nitriles is 2. The summed E-state index contributed by atoms with van der Waals surface area (Å²) in [4.78, 5) is 2.75. The maximum absolute atomic E-state index is 14.2. The van der Waals surface area contributed by atoms with Crippen molar-refractivity contribution in [3.05, 3.63) is 35.6 Å². The molecule has 1 aliphatic carbocycles. The van der Waals surface area contributed by atoms with Crippen LogP contribution in [0.25, 0.3) is 0 Å². The minimum Gasteiger partial charge on any atom is -0.317 e. The van der Waals surface area contributed by atoms with Gasteiger partial charge in [0.25, 0.3) is 5.84 Å². The van der Waals surface area contributed by atoms with Crippen molar-refractivity contribution in [1.82, 2.24) is 0 Å². The molecular formula is C15H14FN4O2+. The zero-order chi connectivity index (χ0) is 16.2. The second-order valence-electron chi connectivity index (χ2n) is 5.36. The second kappa shape index (κ2) is 4.26. The molecule has 112 valence electrons. The molecule has 1 aromatic carbocycles. The number of hydrogen-bond donors (Lipinski definition) is 2. The van der Waals surface area contributed by atoms with Crippen LogP contribution in [0.3, 0.4) is 0 Å². The van der Waals surface area contributed by atoms with Crippen molar-refractivity contribution in [1.29, 1.82) is 10.5 Å². The summed E-state index contributed by atoms with van der Waals surface area (Å²) in [5.74, 6) is -2.83. The lowest BCUT2D eigenvalue weighted by atomic mass is 9.93. The monoisotopic (exact) mass is 301 g/mol. The van der Waals surface area contributed by atoms with Gasteiger partial charge in [0.15, 0.2) is 10.8 Å². The fourth-order valence-corrected chi connectivity index (χ4v) is 3.79. The second-order valence-corrected chi connectivity index (χ2v) is 5.36. The molecule has 1 fully saturated rings. The summed E-state index contributed by atoms with van der Waals surface area (Å²) < 4.78 is 24.9. The van der Waals surface area contributed by atoms with E-state index >= 15 is 0 Å². The van der Waals surface area contributed by atoms with Crippen molar-refractivity contribution >= 4 is 5.84 Å². The van der Waals surface area contributed by atoms with Crippen LogP contribution in [-0.4, -0.2) is 26.0 Å². The minimum absolute atomic E-state index is 0.0495. The van der Waals surface area contributed by atoms with Gasteiger partial charge in [-0.15, -0.1) is 0 Å². The van der Waals surface area contributed by atoms with Crippen molar-refractivity contribution in [3.8, 4) is 12.1 Å². The molecule has 3 N–H and O–H groups in total. The van der Waals surface area contributed by atoms with E-state index in [9.17, 15) is 14.9 Å². The number of benzene rings is 1. The maximum atomic E-state index is 14.2. The molecule has 6 nitrogen and oxygen atoms in total. The van der Waals surface area contributed by atoms with Gasteiger partial charge in [0.05, 0.1) is 12.1 Å². The molecule has 3 rings (SSSR count). The maximum Gasteiger partial charge on any atom is 0.342 e. The number of hydrogen-bond acceptors (Lipinski definition) is 5. The van der Waals surface area contributed by atoms with Gasteiger partial charge in [-0.05, 0) is 11.6 Å². The smallest absolute Gasteiger partial charge is 0.317 e. The first-order valence-electron chi connectivity index (χ1n) is 6.59. The van der Waals surface area contributed by atoms with Crippen LogP contribution in [-0.2, 0) is 9.47 Å². The molecule has 1 aromatic rings. The summed E-state index contributed by atoms with van der Waals surface area (Å²) in [6, 6.07) is 10.2. The van der Waals surface area contributed by atoms with Gasteiger partial charge >= 0.3 is 5.91 Å². The lowest BCUT2D eigenvalue weighted by molar-refractivity contribution is -0.687. The number of amidine groups is 1. The number of nitrogens with one attached hydrogen (secondary N) is 1. The Kier molecular flexibility index (Phi) is 2.80. The molecule has 1 heterocycles. The van der Waals surface area contributed by atoms with Crippen LogP contribution in [0, 0.1) is 39.3 Å². The van der Waals surface area contributed by atoms with Crippen LogP contribution < -0.4 is 10.7 Å². The van der Waals surface area contributed by atoms with Crippen LogP contribution in [0.1, 0.15) is 11.5 Å². The molecular weight excluding hydrogens is 287 g/mol. The number of fused-ring (bicyclic) bond motifs is 1. The van der Waals surface area contributed by atoms with Crippen LogP contribution in [0.4, 0.5) is 4.39 Å². The van der Waals surface area contributed by atoms with Crippen LogP contribution >= 0.6 is 0 Å². The first-order chi connectivity index (χ1) is 10.5. The van der Waals surface area contributed by atoms with Crippen molar-refractivity contribution in [2.75, 3.05) is 14.2 Å². The standard InChI is InChI=1S/C15H13FN4O2/c1-21-15(22-2)14(8-18)11(9-5-3-4-6-10(9)16)13(14,7-17)12(19)20-15/h3-6,11H,1-2H3,(H2,19,20)/p+1/t11-,13-,14-/m1/s1. The van der Waals surface area contributed by atoms with E-state index in [1.807, 2.05) is 0 Å². The van der Waals surface area contributed by atoms with Gasteiger partial charge in [0, 0.05) is 20.1 Å². The number of rotatable bonds is 3. The molecule has 0 saturated heterocycles. The SMILES string of the molecule is COC1(OC)[NH+]=C(N)[C@@]2(C#N)[C@@H](c3ccccc3F)[C@@]12C#N. The van der Waals surface area contributed by atoms with Crippen molar-refractivity contribution in [3.63, 3.8) is 0 Å². The Hall–Kier alpha value is -2.48. The van der Waals surface area contributed by atoms with Gasteiger partial charge in [-0.25, -0.2) is 9.38 Å². The van der Waals surface area contributed by atoms with Crippen LogP contribution in [0.15, 0.2) is 24.3 Å². The van der Waals surface area contributed by atoms with E-state index in [0.29, 0.717) is 0 Å². The Morgan fingerprint density at radius 2 is 1.86 bits per heavy atom. The quantitative estimate of drug-likeness (QED) is 0.721.